The third-order valence-corrected chi connectivity index (χ3v) is 9.34. The molecule has 39 heavy (non-hydrogen) atoms. The second-order valence-corrected chi connectivity index (χ2v) is 12.7. The number of sulfone groups is 1. The normalized spacial score (nSPS) is 20.9. The molecule has 1 aromatic carbocycles. The molecule has 3 rings (SSSR count). The monoisotopic (exact) mass is 594 g/mol. The van der Waals surface area contributed by atoms with Crippen molar-refractivity contribution in [2.24, 2.45) is 5.41 Å². The topological polar surface area (TPSA) is 123 Å². The van der Waals surface area contributed by atoms with Crippen molar-refractivity contribution in [3.8, 4) is 17.0 Å². The number of rotatable bonds is 10. The van der Waals surface area contributed by atoms with Gasteiger partial charge in [-0.2, -0.15) is 18.3 Å². The van der Waals surface area contributed by atoms with Crippen molar-refractivity contribution < 1.29 is 36.2 Å². The largest absolute Gasteiger partial charge is 0.496 e. The zero-order valence-electron chi connectivity index (χ0n) is 22.2. The summed E-state index contributed by atoms with van der Waals surface area (Å²) in [5, 5.41) is 19.2. The fourth-order valence-corrected chi connectivity index (χ4v) is 6.17. The number of aromatic nitrogens is 2. The molecule has 0 unspecified atom stereocenters. The quantitative estimate of drug-likeness (QED) is 0.375. The van der Waals surface area contributed by atoms with Crippen LogP contribution in [0.2, 0.25) is 5.02 Å². The summed E-state index contributed by atoms with van der Waals surface area (Å²) in [7, 11) is -1.81. The molecule has 1 atom stereocenters. The second-order valence-electron chi connectivity index (χ2n) is 10.0. The second kappa shape index (κ2) is 11.9. The third kappa shape index (κ3) is 6.98. The summed E-state index contributed by atoms with van der Waals surface area (Å²) in [6.07, 6.45) is -1.55. The van der Waals surface area contributed by atoms with Gasteiger partial charge in [0, 0.05) is 42.1 Å². The Labute approximate surface area is 231 Å². The van der Waals surface area contributed by atoms with Crippen LogP contribution < -0.4 is 15.4 Å². The van der Waals surface area contributed by atoms with Crippen LogP contribution in [-0.4, -0.2) is 73.2 Å². The average molecular weight is 595 g/mol. The summed E-state index contributed by atoms with van der Waals surface area (Å²) < 4.78 is 69.7. The summed E-state index contributed by atoms with van der Waals surface area (Å²) in [5.41, 5.74) is 0.284. The molecule has 1 saturated carbocycles. The maximum Gasteiger partial charge on any atom is 0.408 e. The molecular weight excluding hydrogens is 561 g/mol. The highest BCUT2D eigenvalue weighted by Crippen LogP contribution is 2.40. The summed E-state index contributed by atoms with van der Waals surface area (Å²) in [6, 6.07) is 2.64. The first-order chi connectivity index (χ1) is 18.2. The Bertz CT molecular complexity index is 1290. The van der Waals surface area contributed by atoms with Crippen LogP contribution in [0.5, 0.6) is 5.75 Å². The van der Waals surface area contributed by atoms with E-state index in [1.807, 2.05) is 0 Å². The Morgan fingerprint density at radius 3 is 2.49 bits per heavy atom. The van der Waals surface area contributed by atoms with Gasteiger partial charge in [-0.1, -0.05) is 11.6 Å². The Balaban J connectivity index is 1.83. The lowest BCUT2D eigenvalue weighted by molar-refractivity contribution is -0.138. The van der Waals surface area contributed by atoms with Gasteiger partial charge in [0.15, 0.2) is 5.69 Å². The predicted molar refractivity (Wildman–Crippen MR) is 143 cm³/mol. The van der Waals surface area contributed by atoms with Gasteiger partial charge >= 0.3 is 6.18 Å². The molecule has 1 aromatic heterocycles. The number of nitrogens with zero attached hydrogens (tertiary/aromatic N) is 2. The van der Waals surface area contributed by atoms with Gasteiger partial charge in [-0.3, -0.25) is 9.48 Å². The van der Waals surface area contributed by atoms with Gasteiger partial charge in [0.05, 0.1) is 29.7 Å². The number of aliphatic hydroxyl groups excluding tert-OH is 1. The number of methoxy groups -OCH3 is 1. The number of hydrogen-bond acceptors (Lipinski definition) is 7. The van der Waals surface area contributed by atoms with Crippen LogP contribution in [0.3, 0.4) is 0 Å². The minimum absolute atomic E-state index is 0.0378. The van der Waals surface area contributed by atoms with Crippen LogP contribution in [-0.2, 0) is 16.4 Å². The van der Waals surface area contributed by atoms with Gasteiger partial charge in [0.1, 0.15) is 21.6 Å². The Kier molecular flexibility index (Phi) is 9.49. The molecule has 1 aliphatic carbocycles. The van der Waals surface area contributed by atoms with E-state index in [1.165, 1.54) is 30.2 Å². The molecular formula is C25H34ClF3N4O5S. The molecule has 1 heterocycles. The van der Waals surface area contributed by atoms with Crippen LogP contribution in [0.1, 0.15) is 50.0 Å². The summed E-state index contributed by atoms with van der Waals surface area (Å²) in [6.45, 7) is 3.04. The lowest BCUT2D eigenvalue weighted by Gasteiger charge is -2.38. The lowest BCUT2D eigenvalue weighted by atomic mass is 9.74. The Morgan fingerprint density at radius 2 is 1.97 bits per heavy atom. The van der Waals surface area contributed by atoms with E-state index in [-0.39, 0.29) is 35.3 Å². The number of anilines is 1. The van der Waals surface area contributed by atoms with E-state index in [4.69, 9.17) is 16.3 Å². The molecule has 218 valence electrons. The van der Waals surface area contributed by atoms with Gasteiger partial charge < -0.3 is 20.5 Å². The van der Waals surface area contributed by atoms with E-state index >= 15 is 0 Å². The van der Waals surface area contributed by atoms with Gasteiger partial charge in [0.25, 0.3) is 5.91 Å². The number of carbonyl (C=O) groups is 1. The van der Waals surface area contributed by atoms with E-state index in [0.29, 0.717) is 43.5 Å². The predicted octanol–water partition coefficient (Wildman–Crippen LogP) is 4.29. The molecule has 2 aromatic rings. The number of carbonyl (C=O) groups excluding carboxylic acids is 1. The number of hydrogen-bond donors (Lipinski definition) is 3. The number of halogens is 4. The molecule has 14 heteroatoms. The first-order valence-electron chi connectivity index (χ1n) is 12.5. The number of amides is 1. The van der Waals surface area contributed by atoms with Crippen LogP contribution in [0.4, 0.5) is 18.9 Å². The maximum absolute atomic E-state index is 13.1. The highest BCUT2D eigenvalue weighted by atomic mass is 35.5. The molecule has 1 aliphatic rings. The maximum atomic E-state index is 13.1. The number of aliphatic hydroxyl groups is 1. The average Bonchev–Trinajstić information content (AvgIpc) is 3.22. The number of ether oxygens (including phenoxy) is 1. The minimum atomic E-state index is -4.43. The van der Waals surface area contributed by atoms with Crippen molar-refractivity contribution in [1.29, 1.82) is 0 Å². The standard InChI is InChI=1S/C25H34ClF3N4O5S/c1-5-33-22(18-7-6-16(12-19(18)38-3)31-15(2)25(27,28)29)20(26)21(32-33)23(35)30-13-24(14-34)10-8-17(9-11-24)39(4,36)37/h6-7,12,15,17,31,34H,5,8-11,13-14H2,1-4H3,(H,30,35)/t15-,17-,24+/m1/s1. The third-order valence-electron chi connectivity index (χ3n) is 7.30. The van der Waals surface area contributed by atoms with Crippen molar-refractivity contribution >= 4 is 33.0 Å². The SMILES string of the molecule is CCn1nc(C(=O)NC[C@]2(CO)CC[C@@H](S(C)(=O)=O)CC2)c(Cl)c1-c1ccc(N[C@H](C)C(F)(F)F)cc1OC. The lowest BCUT2D eigenvalue weighted by Crippen LogP contribution is -2.44. The van der Waals surface area contributed by atoms with Crippen LogP contribution in [0.25, 0.3) is 11.3 Å². The fourth-order valence-electron chi connectivity index (χ4n) is 4.75. The molecule has 0 radical (unpaired) electrons. The van der Waals surface area contributed by atoms with E-state index in [2.05, 4.69) is 15.7 Å². The van der Waals surface area contributed by atoms with Crippen molar-refractivity contribution in [3.05, 3.63) is 28.9 Å². The van der Waals surface area contributed by atoms with Crippen LogP contribution in [0, 0.1) is 5.41 Å². The summed E-state index contributed by atoms with van der Waals surface area (Å²) in [4.78, 5) is 13.1. The fraction of sp³-hybridized carbons (Fsp3) is 0.600. The number of nitrogens with one attached hydrogen (secondary N) is 2. The molecule has 1 fully saturated rings. The van der Waals surface area contributed by atoms with Crippen LogP contribution >= 0.6 is 11.6 Å². The first-order valence-corrected chi connectivity index (χ1v) is 14.8. The first kappa shape index (κ1) is 31.0. The molecule has 3 N–H and O–H groups in total. The van der Waals surface area contributed by atoms with Gasteiger partial charge in [-0.25, -0.2) is 8.42 Å². The van der Waals surface area contributed by atoms with Crippen molar-refractivity contribution in [2.45, 2.75) is 63.5 Å². The number of benzene rings is 1. The molecule has 1 amide bonds. The molecule has 0 spiro atoms. The van der Waals surface area contributed by atoms with Crippen LogP contribution in [0.15, 0.2) is 18.2 Å². The Hall–Kier alpha value is -2.51. The molecule has 0 saturated heterocycles. The molecule has 0 aliphatic heterocycles. The molecule has 9 nitrogen and oxygen atoms in total. The number of aryl methyl sites for hydroxylation is 1. The van der Waals surface area contributed by atoms with Gasteiger partial charge in [0.2, 0.25) is 0 Å². The van der Waals surface area contributed by atoms with Crippen molar-refractivity contribution in [3.63, 3.8) is 0 Å². The molecule has 0 bridgehead atoms. The zero-order valence-corrected chi connectivity index (χ0v) is 23.8. The van der Waals surface area contributed by atoms with E-state index in [1.54, 1.807) is 13.0 Å². The highest BCUT2D eigenvalue weighted by Gasteiger charge is 2.39. The van der Waals surface area contributed by atoms with Crippen molar-refractivity contribution in [2.75, 3.05) is 31.8 Å². The van der Waals surface area contributed by atoms with E-state index < -0.39 is 38.6 Å². The van der Waals surface area contributed by atoms with Gasteiger partial charge in [-0.05, 0) is 51.7 Å². The van der Waals surface area contributed by atoms with E-state index in [9.17, 15) is 31.5 Å². The Morgan fingerprint density at radius 1 is 1.33 bits per heavy atom. The summed E-state index contributed by atoms with van der Waals surface area (Å²) in [5.74, 6) is -0.331. The number of alkyl halides is 3. The van der Waals surface area contributed by atoms with Gasteiger partial charge in [-0.15, -0.1) is 0 Å². The smallest absolute Gasteiger partial charge is 0.408 e. The van der Waals surface area contributed by atoms with Crippen molar-refractivity contribution in [1.82, 2.24) is 15.1 Å². The summed E-state index contributed by atoms with van der Waals surface area (Å²) >= 11 is 6.63. The minimum Gasteiger partial charge on any atom is -0.496 e. The van der Waals surface area contributed by atoms with E-state index in [0.717, 1.165) is 6.92 Å². The highest BCUT2D eigenvalue weighted by molar-refractivity contribution is 7.91. The zero-order chi connectivity index (χ0) is 29.2.